The van der Waals surface area contributed by atoms with Crippen molar-refractivity contribution in [1.82, 2.24) is 15.2 Å². The van der Waals surface area contributed by atoms with Gasteiger partial charge in [-0.2, -0.15) is 0 Å². The third kappa shape index (κ3) is 8.31. The number of hydrogen-bond acceptors (Lipinski definition) is 5. The van der Waals surface area contributed by atoms with E-state index in [1.165, 1.54) is 62.7 Å². The summed E-state index contributed by atoms with van der Waals surface area (Å²) >= 11 is 0. The van der Waals surface area contributed by atoms with Crippen LogP contribution in [-0.2, 0) is 19.3 Å². The molecule has 1 atom stereocenters. The van der Waals surface area contributed by atoms with E-state index in [1.54, 1.807) is 6.07 Å². The van der Waals surface area contributed by atoms with Crippen LogP contribution in [0.25, 0.3) is 0 Å². The normalized spacial score (nSPS) is 15.6. The monoisotopic (exact) mass is 453 g/mol. The van der Waals surface area contributed by atoms with E-state index in [0.717, 1.165) is 50.9 Å². The lowest BCUT2D eigenvalue weighted by molar-refractivity contribution is 0.175. The van der Waals surface area contributed by atoms with Gasteiger partial charge in [0.1, 0.15) is 0 Å². The highest BCUT2D eigenvalue weighted by Gasteiger charge is 2.26. The fourth-order valence-electron chi connectivity index (χ4n) is 5.02. The van der Waals surface area contributed by atoms with Gasteiger partial charge in [0.15, 0.2) is 11.5 Å². The summed E-state index contributed by atoms with van der Waals surface area (Å²) < 4.78 is 0. The SMILES string of the molecule is CCCN(CCCCCCNCCCCc1ccccn1)C1CCc2c(ccc(O)c2O)C1. The number of nitrogens with zero attached hydrogens (tertiary/aromatic N) is 2. The lowest BCUT2D eigenvalue weighted by Gasteiger charge is -2.35. The van der Waals surface area contributed by atoms with Gasteiger partial charge < -0.3 is 20.4 Å². The van der Waals surface area contributed by atoms with Gasteiger partial charge in [0, 0.05) is 23.5 Å². The Hall–Kier alpha value is -2.11. The van der Waals surface area contributed by atoms with E-state index in [4.69, 9.17) is 0 Å². The highest BCUT2D eigenvalue weighted by Crippen LogP contribution is 2.36. The summed E-state index contributed by atoms with van der Waals surface area (Å²) in [6, 6.07) is 10.3. The van der Waals surface area contributed by atoms with Crippen LogP contribution < -0.4 is 5.32 Å². The lowest BCUT2D eigenvalue weighted by Crippen LogP contribution is -2.40. The molecule has 182 valence electrons. The fourth-order valence-corrected chi connectivity index (χ4v) is 5.02. The van der Waals surface area contributed by atoms with Gasteiger partial charge in [-0.1, -0.05) is 31.9 Å². The maximum Gasteiger partial charge on any atom is 0.160 e. The molecule has 1 unspecified atom stereocenters. The number of aromatic hydroxyl groups is 2. The molecular formula is C28H43N3O2. The Labute approximate surface area is 200 Å². The van der Waals surface area contributed by atoms with Crippen LogP contribution in [0.1, 0.15) is 75.1 Å². The molecule has 0 radical (unpaired) electrons. The molecule has 1 aromatic heterocycles. The van der Waals surface area contributed by atoms with E-state index in [2.05, 4.69) is 34.3 Å². The molecule has 5 heteroatoms. The lowest BCUT2D eigenvalue weighted by atomic mass is 9.86. The summed E-state index contributed by atoms with van der Waals surface area (Å²) in [7, 11) is 0. The first-order valence-electron chi connectivity index (χ1n) is 13.1. The highest BCUT2D eigenvalue weighted by atomic mass is 16.3. The number of benzene rings is 1. The molecule has 5 nitrogen and oxygen atoms in total. The van der Waals surface area contributed by atoms with Crippen molar-refractivity contribution in [3.05, 3.63) is 53.3 Å². The van der Waals surface area contributed by atoms with Crippen molar-refractivity contribution in [2.24, 2.45) is 0 Å². The molecule has 33 heavy (non-hydrogen) atoms. The van der Waals surface area contributed by atoms with E-state index in [1.807, 2.05) is 18.3 Å². The van der Waals surface area contributed by atoms with Crippen molar-refractivity contribution in [3.63, 3.8) is 0 Å². The summed E-state index contributed by atoms with van der Waals surface area (Å²) in [6.45, 7) is 6.80. The second-order valence-electron chi connectivity index (χ2n) is 9.45. The molecule has 2 aromatic rings. The summed E-state index contributed by atoms with van der Waals surface area (Å²) in [6.07, 6.45) is 14.5. The van der Waals surface area contributed by atoms with Crippen LogP contribution in [0.5, 0.6) is 11.5 Å². The van der Waals surface area contributed by atoms with Crippen LogP contribution in [-0.4, -0.2) is 52.3 Å². The quantitative estimate of drug-likeness (QED) is 0.254. The second kappa shape index (κ2) is 14.2. The van der Waals surface area contributed by atoms with Gasteiger partial charge >= 0.3 is 0 Å². The molecular weight excluding hydrogens is 410 g/mol. The minimum absolute atomic E-state index is 0.0107. The van der Waals surface area contributed by atoms with Crippen molar-refractivity contribution < 1.29 is 10.2 Å². The number of fused-ring (bicyclic) bond motifs is 1. The molecule has 1 aliphatic rings. The minimum Gasteiger partial charge on any atom is -0.504 e. The van der Waals surface area contributed by atoms with Gasteiger partial charge in [-0.15, -0.1) is 0 Å². The van der Waals surface area contributed by atoms with Crippen LogP contribution in [0.2, 0.25) is 0 Å². The van der Waals surface area contributed by atoms with Crippen molar-refractivity contribution in [2.75, 3.05) is 26.2 Å². The number of nitrogens with one attached hydrogen (secondary N) is 1. The van der Waals surface area contributed by atoms with Crippen LogP contribution in [0, 0.1) is 0 Å². The zero-order valence-electron chi connectivity index (χ0n) is 20.4. The van der Waals surface area contributed by atoms with E-state index in [-0.39, 0.29) is 11.5 Å². The Balaban J connectivity index is 1.25. The predicted octanol–water partition coefficient (Wildman–Crippen LogP) is 5.24. The van der Waals surface area contributed by atoms with E-state index in [0.29, 0.717) is 6.04 Å². The fraction of sp³-hybridized carbons (Fsp3) is 0.607. The van der Waals surface area contributed by atoms with E-state index < -0.39 is 0 Å². The van der Waals surface area contributed by atoms with Crippen molar-refractivity contribution in [3.8, 4) is 11.5 Å². The number of phenols is 2. The van der Waals surface area contributed by atoms with Gasteiger partial charge in [-0.3, -0.25) is 4.98 Å². The first-order chi connectivity index (χ1) is 16.2. The third-order valence-corrected chi connectivity index (χ3v) is 6.88. The zero-order valence-corrected chi connectivity index (χ0v) is 20.4. The standard InChI is InChI=1S/C28H43N3O2/c1-2-20-31(25-14-15-26-23(22-25)13-16-27(32)28(26)33)21-10-4-3-7-17-29-18-8-5-11-24-12-6-9-19-30-24/h6,9,12-13,16,19,25,29,32-33H,2-5,7-8,10-11,14-15,17-18,20-22H2,1H3. The molecule has 0 fully saturated rings. The molecule has 1 aliphatic carbocycles. The predicted molar refractivity (Wildman–Crippen MR) is 136 cm³/mol. The Morgan fingerprint density at radius 2 is 1.79 bits per heavy atom. The Morgan fingerprint density at radius 1 is 0.970 bits per heavy atom. The summed E-state index contributed by atoms with van der Waals surface area (Å²) in [5, 5.41) is 23.5. The van der Waals surface area contributed by atoms with Gasteiger partial charge in [-0.25, -0.2) is 0 Å². The van der Waals surface area contributed by atoms with Crippen LogP contribution in [0.15, 0.2) is 36.5 Å². The molecule has 0 bridgehead atoms. The third-order valence-electron chi connectivity index (χ3n) is 6.88. The first-order valence-corrected chi connectivity index (χ1v) is 13.1. The molecule has 0 amide bonds. The van der Waals surface area contributed by atoms with Crippen LogP contribution in [0.4, 0.5) is 0 Å². The number of hydrogen-bond donors (Lipinski definition) is 3. The molecule has 0 aliphatic heterocycles. The van der Waals surface area contributed by atoms with Crippen molar-refractivity contribution in [2.45, 2.75) is 83.6 Å². The molecule has 0 saturated heterocycles. The second-order valence-corrected chi connectivity index (χ2v) is 9.45. The Bertz CT molecular complexity index is 812. The number of aryl methyl sites for hydroxylation is 1. The largest absolute Gasteiger partial charge is 0.504 e. The zero-order chi connectivity index (χ0) is 23.3. The number of phenolic OH excluding ortho intramolecular Hbond substituents is 2. The number of aromatic nitrogens is 1. The summed E-state index contributed by atoms with van der Waals surface area (Å²) in [5.74, 6) is 0.103. The number of pyridine rings is 1. The van der Waals surface area contributed by atoms with Gasteiger partial charge in [0.25, 0.3) is 0 Å². The van der Waals surface area contributed by atoms with Gasteiger partial charge in [0.05, 0.1) is 0 Å². The van der Waals surface area contributed by atoms with Crippen LogP contribution >= 0.6 is 0 Å². The Morgan fingerprint density at radius 3 is 2.58 bits per heavy atom. The van der Waals surface area contributed by atoms with Crippen molar-refractivity contribution in [1.29, 1.82) is 0 Å². The number of rotatable bonds is 15. The maximum atomic E-state index is 10.2. The molecule has 3 N–H and O–H groups in total. The highest BCUT2D eigenvalue weighted by molar-refractivity contribution is 5.50. The topological polar surface area (TPSA) is 68.6 Å². The van der Waals surface area contributed by atoms with Crippen molar-refractivity contribution >= 4 is 0 Å². The average Bonchev–Trinajstić information content (AvgIpc) is 2.84. The van der Waals surface area contributed by atoms with Gasteiger partial charge in [-0.05, 0) is 108 Å². The maximum absolute atomic E-state index is 10.2. The number of unbranched alkanes of at least 4 members (excludes halogenated alkanes) is 4. The van der Waals surface area contributed by atoms with Gasteiger partial charge in [0.2, 0.25) is 0 Å². The Kier molecular flexibility index (Phi) is 11.0. The summed E-state index contributed by atoms with van der Waals surface area (Å²) in [5.41, 5.74) is 3.35. The van der Waals surface area contributed by atoms with E-state index in [9.17, 15) is 10.2 Å². The summed E-state index contributed by atoms with van der Waals surface area (Å²) in [4.78, 5) is 7.04. The smallest absolute Gasteiger partial charge is 0.160 e. The molecule has 1 heterocycles. The first kappa shape index (κ1) is 25.5. The molecule has 1 aromatic carbocycles. The molecule has 0 spiro atoms. The van der Waals surface area contributed by atoms with E-state index >= 15 is 0 Å². The minimum atomic E-state index is 0.0107. The molecule has 3 rings (SSSR count). The average molecular weight is 454 g/mol. The molecule has 0 saturated carbocycles. The van der Waals surface area contributed by atoms with Crippen LogP contribution in [0.3, 0.4) is 0 Å².